The van der Waals surface area contributed by atoms with E-state index in [2.05, 4.69) is 0 Å². The fourth-order valence-corrected chi connectivity index (χ4v) is 4.66. The highest BCUT2D eigenvalue weighted by Crippen LogP contribution is 2.02. The molecule has 0 aliphatic heterocycles. The third-order valence-corrected chi connectivity index (χ3v) is 6.24. The molecule has 0 aliphatic rings. The molecule has 0 aliphatic carbocycles. The number of unbranched alkanes of at least 4 members (excludes halogenated alkanes) is 1. The van der Waals surface area contributed by atoms with Gasteiger partial charge in [-0.3, -0.25) is 0 Å². The van der Waals surface area contributed by atoms with Gasteiger partial charge in [0.15, 0.2) is 19.7 Å². The predicted molar refractivity (Wildman–Crippen MR) is 68.0 cm³/mol. The molecule has 0 rings (SSSR count). The van der Waals surface area contributed by atoms with Crippen LogP contribution in [0.4, 0.5) is 0 Å². The fraction of sp³-hybridized carbons (Fsp3) is 1.00. The lowest BCUT2D eigenvalue weighted by Gasteiger charge is -2.03. The van der Waals surface area contributed by atoms with Crippen molar-refractivity contribution in [2.45, 2.75) is 12.8 Å². The quantitative estimate of drug-likeness (QED) is 0.472. The van der Waals surface area contributed by atoms with Gasteiger partial charge in [-0.1, -0.05) is 0 Å². The van der Waals surface area contributed by atoms with E-state index in [4.69, 9.17) is 23.2 Å². The van der Waals surface area contributed by atoms with Crippen molar-refractivity contribution in [3.8, 4) is 0 Å². The van der Waals surface area contributed by atoms with E-state index in [1.54, 1.807) is 0 Å². The molecule has 0 fully saturated rings. The first-order valence-corrected chi connectivity index (χ1v) is 9.57. The second-order valence-electron chi connectivity index (χ2n) is 3.39. The molecule has 0 saturated heterocycles. The van der Waals surface area contributed by atoms with Gasteiger partial charge < -0.3 is 0 Å². The first kappa shape index (κ1) is 16.5. The number of alkyl halides is 2. The van der Waals surface area contributed by atoms with E-state index >= 15 is 0 Å². The Morgan fingerprint density at radius 3 is 1.19 bits per heavy atom. The Morgan fingerprint density at radius 1 is 0.625 bits per heavy atom. The molecule has 0 bridgehead atoms. The topological polar surface area (TPSA) is 68.3 Å². The van der Waals surface area contributed by atoms with Crippen molar-refractivity contribution in [3.63, 3.8) is 0 Å². The van der Waals surface area contributed by atoms with Crippen molar-refractivity contribution in [3.05, 3.63) is 0 Å². The summed E-state index contributed by atoms with van der Waals surface area (Å²) in [6, 6.07) is 0. The molecule has 16 heavy (non-hydrogen) atoms. The van der Waals surface area contributed by atoms with Crippen LogP contribution >= 0.6 is 23.2 Å². The highest BCUT2D eigenvalue weighted by molar-refractivity contribution is 7.91. The van der Waals surface area contributed by atoms with Crippen LogP contribution in [0, 0.1) is 0 Å². The van der Waals surface area contributed by atoms with E-state index < -0.39 is 19.7 Å². The summed E-state index contributed by atoms with van der Waals surface area (Å²) in [4.78, 5) is 0. The molecule has 0 heterocycles. The minimum absolute atomic E-state index is 0.00385. The van der Waals surface area contributed by atoms with Crippen LogP contribution in [0.2, 0.25) is 0 Å². The van der Waals surface area contributed by atoms with Crippen LogP contribution in [-0.2, 0) is 19.7 Å². The Balaban J connectivity index is 3.85. The molecule has 0 aromatic rings. The summed E-state index contributed by atoms with van der Waals surface area (Å²) in [6.07, 6.45) is 0.696. The summed E-state index contributed by atoms with van der Waals surface area (Å²) in [5, 5.41) is 0. The molecule has 0 spiro atoms. The largest absolute Gasteiger partial charge is 0.229 e. The van der Waals surface area contributed by atoms with E-state index in [-0.39, 0.29) is 34.8 Å². The summed E-state index contributed by atoms with van der Waals surface area (Å²) in [6.45, 7) is 0. The SMILES string of the molecule is O=S(=O)(CCCl)CCCCS(=O)(=O)CCCl. The predicted octanol–water partition coefficient (Wildman–Crippen LogP) is 1.07. The Hall–Kier alpha value is 0.480. The van der Waals surface area contributed by atoms with Crippen LogP contribution in [0.25, 0.3) is 0 Å². The van der Waals surface area contributed by atoms with Crippen LogP contribution in [0.5, 0.6) is 0 Å². The molecular weight excluding hydrogens is 295 g/mol. The van der Waals surface area contributed by atoms with Crippen molar-refractivity contribution in [2.75, 3.05) is 34.8 Å². The average Bonchev–Trinajstić information content (AvgIpc) is 2.12. The number of sulfone groups is 2. The molecule has 0 aromatic carbocycles. The van der Waals surface area contributed by atoms with E-state index in [9.17, 15) is 16.8 Å². The van der Waals surface area contributed by atoms with Gasteiger partial charge in [0.25, 0.3) is 0 Å². The number of hydrogen-bond donors (Lipinski definition) is 0. The van der Waals surface area contributed by atoms with E-state index in [0.29, 0.717) is 12.8 Å². The van der Waals surface area contributed by atoms with Crippen LogP contribution in [-0.4, -0.2) is 51.6 Å². The minimum atomic E-state index is -3.11. The van der Waals surface area contributed by atoms with Gasteiger partial charge in [-0.2, -0.15) is 0 Å². The summed E-state index contributed by atoms with van der Waals surface area (Å²) < 4.78 is 44.9. The maximum absolute atomic E-state index is 11.2. The summed E-state index contributed by atoms with van der Waals surface area (Å²) in [5.74, 6) is 0.0396. The Morgan fingerprint density at radius 2 is 0.938 bits per heavy atom. The van der Waals surface area contributed by atoms with Gasteiger partial charge >= 0.3 is 0 Å². The minimum Gasteiger partial charge on any atom is -0.229 e. The molecule has 98 valence electrons. The average molecular weight is 311 g/mol. The van der Waals surface area contributed by atoms with E-state index in [1.165, 1.54) is 0 Å². The van der Waals surface area contributed by atoms with Gasteiger partial charge in [0.1, 0.15) is 0 Å². The molecule has 0 aromatic heterocycles. The van der Waals surface area contributed by atoms with Crippen LogP contribution in [0.3, 0.4) is 0 Å². The molecule has 0 radical (unpaired) electrons. The normalized spacial score (nSPS) is 12.9. The van der Waals surface area contributed by atoms with Crippen LogP contribution < -0.4 is 0 Å². The lowest BCUT2D eigenvalue weighted by Crippen LogP contribution is -2.15. The molecule has 0 unspecified atom stereocenters. The van der Waals surface area contributed by atoms with Gasteiger partial charge in [-0.05, 0) is 12.8 Å². The Kier molecular flexibility index (Phi) is 7.97. The van der Waals surface area contributed by atoms with E-state index in [0.717, 1.165) is 0 Å². The highest BCUT2D eigenvalue weighted by Gasteiger charge is 2.12. The molecule has 8 heteroatoms. The van der Waals surface area contributed by atoms with Gasteiger partial charge in [0.05, 0.1) is 23.0 Å². The zero-order chi connectivity index (χ0) is 12.7. The highest BCUT2D eigenvalue weighted by atomic mass is 35.5. The number of hydrogen-bond acceptors (Lipinski definition) is 4. The molecule has 0 N–H and O–H groups in total. The van der Waals surface area contributed by atoms with Gasteiger partial charge in [0, 0.05) is 11.8 Å². The monoisotopic (exact) mass is 310 g/mol. The summed E-state index contributed by atoms with van der Waals surface area (Å²) >= 11 is 10.6. The summed E-state index contributed by atoms with van der Waals surface area (Å²) in [7, 11) is -6.23. The third kappa shape index (κ3) is 8.61. The first-order chi connectivity index (χ1) is 7.33. The number of rotatable bonds is 9. The standard InChI is InChI=1S/C8H16Cl2O4S2/c9-3-7-15(11,12)5-1-2-6-16(13,14)8-4-10/h1-8H2. The van der Waals surface area contributed by atoms with Gasteiger partial charge in [0.2, 0.25) is 0 Å². The van der Waals surface area contributed by atoms with Crippen molar-refractivity contribution in [1.82, 2.24) is 0 Å². The Labute approximate surface area is 107 Å². The second kappa shape index (κ2) is 7.74. The van der Waals surface area contributed by atoms with Gasteiger partial charge in [-0.25, -0.2) is 16.8 Å². The smallest absolute Gasteiger partial charge is 0.151 e. The zero-order valence-corrected chi connectivity index (χ0v) is 12.0. The third-order valence-electron chi connectivity index (χ3n) is 1.94. The molecule has 4 nitrogen and oxygen atoms in total. The van der Waals surface area contributed by atoms with Crippen molar-refractivity contribution in [1.29, 1.82) is 0 Å². The van der Waals surface area contributed by atoms with Crippen molar-refractivity contribution in [2.24, 2.45) is 0 Å². The molecule has 0 amide bonds. The first-order valence-electron chi connectivity index (χ1n) is 4.86. The molecule has 0 atom stereocenters. The lowest BCUT2D eigenvalue weighted by molar-refractivity contribution is 0.586. The second-order valence-corrected chi connectivity index (χ2v) is 8.75. The van der Waals surface area contributed by atoms with Crippen LogP contribution in [0.1, 0.15) is 12.8 Å². The van der Waals surface area contributed by atoms with Crippen molar-refractivity contribution >= 4 is 42.9 Å². The summed E-state index contributed by atoms with van der Waals surface area (Å²) in [5.41, 5.74) is 0. The number of halogens is 2. The molecule has 0 saturated carbocycles. The molecular formula is C8H16Cl2O4S2. The fourth-order valence-electron chi connectivity index (χ4n) is 1.08. The lowest BCUT2D eigenvalue weighted by atomic mass is 10.4. The maximum atomic E-state index is 11.2. The zero-order valence-electron chi connectivity index (χ0n) is 8.86. The van der Waals surface area contributed by atoms with Gasteiger partial charge in [-0.15, -0.1) is 23.2 Å². The Bertz CT molecular complexity index is 337. The van der Waals surface area contributed by atoms with Crippen molar-refractivity contribution < 1.29 is 16.8 Å². The van der Waals surface area contributed by atoms with Crippen LogP contribution in [0.15, 0.2) is 0 Å². The van der Waals surface area contributed by atoms with E-state index in [1.807, 2.05) is 0 Å². The maximum Gasteiger partial charge on any atom is 0.151 e.